The van der Waals surface area contributed by atoms with Crippen molar-refractivity contribution in [3.63, 3.8) is 0 Å². The predicted octanol–water partition coefficient (Wildman–Crippen LogP) is 5.60. The second-order valence-corrected chi connectivity index (χ2v) is 11.0. The van der Waals surface area contributed by atoms with E-state index >= 15 is 0 Å². The van der Waals surface area contributed by atoms with Gasteiger partial charge < -0.3 is 19.1 Å². The van der Waals surface area contributed by atoms with Gasteiger partial charge in [-0.15, -0.1) is 0 Å². The molecule has 0 N–H and O–H groups in total. The molecule has 3 aromatic carbocycles. The summed E-state index contributed by atoms with van der Waals surface area (Å²) in [7, 11) is 0. The van der Waals surface area contributed by atoms with E-state index in [2.05, 4.69) is 24.3 Å². The standard InChI is InChI=1S/C32H34N2O6/c1-32(2,3)40-30(36)33-17-18-34(28(19-33)29(35)38-20-22-11-5-4-6-12-22)31(37)39-21-27-25-15-9-7-13-23(25)24-14-8-10-16-26(24)27/h4-16,27-28H,17-21H2,1-3H3. The van der Waals surface area contributed by atoms with Crippen LogP contribution in [0.15, 0.2) is 78.9 Å². The first-order valence-electron chi connectivity index (χ1n) is 13.5. The Morgan fingerprint density at radius 1 is 0.775 bits per heavy atom. The van der Waals surface area contributed by atoms with Crippen LogP contribution in [-0.2, 0) is 25.6 Å². The molecule has 1 atom stereocenters. The normalized spacial score (nSPS) is 16.6. The Bertz CT molecular complexity index is 1340. The first-order chi connectivity index (χ1) is 19.2. The molecule has 2 amide bonds. The quantitative estimate of drug-likeness (QED) is 0.308. The van der Waals surface area contributed by atoms with Gasteiger partial charge in [-0.05, 0) is 48.6 Å². The van der Waals surface area contributed by atoms with Crippen LogP contribution >= 0.6 is 0 Å². The van der Waals surface area contributed by atoms with Crippen LogP contribution in [0.1, 0.15) is 43.4 Å². The number of fused-ring (bicyclic) bond motifs is 3. The molecular weight excluding hydrogens is 508 g/mol. The highest BCUT2D eigenvalue weighted by Gasteiger charge is 2.40. The number of nitrogens with zero attached hydrogens (tertiary/aromatic N) is 2. The van der Waals surface area contributed by atoms with E-state index in [1.165, 1.54) is 9.80 Å². The molecule has 208 valence electrons. The maximum Gasteiger partial charge on any atom is 0.410 e. The van der Waals surface area contributed by atoms with E-state index in [1.807, 2.05) is 54.6 Å². The van der Waals surface area contributed by atoms with Gasteiger partial charge in [-0.3, -0.25) is 4.90 Å². The first-order valence-corrected chi connectivity index (χ1v) is 13.5. The first kappa shape index (κ1) is 27.2. The smallest absolute Gasteiger partial charge is 0.410 e. The fourth-order valence-corrected chi connectivity index (χ4v) is 5.20. The number of ether oxygens (including phenoxy) is 3. The Hall–Kier alpha value is -4.33. The number of carbonyl (C=O) groups is 3. The van der Waals surface area contributed by atoms with E-state index in [-0.39, 0.29) is 38.8 Å². The molecule has 40 heavy (non-hydrogen) atoms. The van der Waals surface area contributed by atoms with Gasteiger partial charge in [-0.1, -0.05) is 78.9 Å². The van der Waals surface area contributed by atoms with Gasteiger partial charge in [0.25, 0.3) is 0 Å². The van der Waals surface area contributed by atoms with E-state index < -0.39 is 29.8 Å². The summed E-state index contributed by atoms with van der Waals surface area (Å²) in [5, 5.41) is 0. The molecule has 0 bridgehead atoms. The lowest BCUT2D eigenvalue weighted by Gasteiger charge is -2.39. The van der Waals surface area contributed by atoms with Crippen molar-refractivity contribution in [2.75, 3.05) is 26.2 Å². The highest BCUT2D eigenvalue weighted by atomic mass is 16.6. The summed E-state index contributed by atoms with van der Waals surface area (Å²) >= 11 is 0. The Labute approximate surface area is 234 Å². The van der Waals surface area contributed by atoms with Crippen LogP contribution in [0.4, 0.5) is 9.59 Å². The number of hydrogen-bond acceptors (Lipinski definition) is 6. The number of carbonyl (C=O) groups excluding carboxylic acids is 3. The Kier molecular flexibility index (Phi) is 7.78. The van der Waals surface area contributed by atoms with Crippen molar-refractivity contribution < 1.29 is 28.6 Å². The fourth-order valence-electron chi connectivity index (χ4n) is 5.20. The number of rotatable bonds is 5. The Balaban J connectivity index is 1.30. The summed E-state index contributed by atoms with van der Waals surface area (Å²) in [6.45, 7) is 5.80. The average Bonchev–Trinajstić information content (AvgIpc) is 3.27. The van der Waals surface area contributed by atoms with Crippen LogP contribution < -0.4 is 0 Å². The summed E-state index contributed by atoms with van der Waals surface area (Å²) in [4.78, 5) is 42.3. The lowest BCUT2D eigenvalue weighted by molar-refractivity contribution is -0.153. The van der Waals surface area contributed by atoms with Crippen LogP contribution in [-0.4, -0.2) is 65.8 Å². The molecule has 0 aromatic heterocycles. The van der Waals surface area contributed by atoms with Gasteiger partial charge in [0, 0.05) is 19.0 Å². The van der Waals surface area contributed by atoms with E-state index in [1.54, 1.807) is 20.8 Å². The maximum atomic E-state index is 13.4. The average molecular weight is 543 g/mol. The van der Waals surface area contributed by atoms with Gasteiger partial charge in [0.05, 0.1) is 6.54 Å². The van der Waals surface area contributed by atoms with Gasteiger partial charge in [0.15, 0.2) is 6.04 Å². The minimum absolute atomic E-state index is 0.0489. The minimum atomic E-state index is -1.03. The molecule has 2 aliphatic rings. The zero-order chi connectivity index (χ0) is 28.3. The molecule has 5 rings (SSSR count). The molecule has 0 radical (unpaired) electrons. The number of amides is 2. The lowest BCUT2D eigenvalue weighted by Crippen LogP contribution is -2.60. The van der Waals surface area contributed by atoms with Gasteiger partial charge in [0.1, 0.15) is 18.8 Å². The highest BCUT2D eigenvalue weighted by molar-refractivity contribution is 5.83. The molecule has 1 saturated heterocycles. The molecule has 8 nitrogen and oxygen atoms in total. The molecule has 1 fully saturated rings. The molecule has 1 heterocycles. The number of benzene rings is 3. The SMILES string of the molecule is CC(C)(C)OC(=O)N1CCN(C(=O)OCC2c3ccccc3-c3ccccc32)C(C(=O)OCc2ccccc2)C1. The lowest BCUT2D eigenvalue weighted by atomic mass is 9.98. The second-order valence-electron chi connectivity index (χ2n) is 11.0. The van der Waals surface area contributed by atoms with Crippen LogP contribution in [0.3, 0.4) is 0 Å². The predicted molar refractivity (Wildman–Crippen MR) is 150 cm³/mol. The van der Waals surface area contributed by atoms with Gasteiger partial charge >= 0.3 is 18.2 Å². The Morgan fingerprint density at radius 3 is 2.00 bits per heavy atom. The zero-order valence-corrected chi connectivity index (χ0v) is 23.0. The molecule has 1 aliphatic carbocycles. The summed E-state index contributed by atoms with van der Waals surface area (Å²) in [5.74, 6) is -0.714. The van der Waals surface area contributed by atoms with Crippen molar-refractivity contribution >= 4 is 18.2 Å². The third-order valence-corrected chi connectivity index (χ3v) is 7.10. The summed E-state index contributed by atoms with van der Waals surface area (Å²) in [6, 6.07) is 24.5. The number of esters is 1. The number of hydrogen-bond donors (Lipinski definition) is 0. The van der Waals surface area contributed by atoms with E-state index in [0.717, 1.165) is 27.8 Å². The van der Waals surface area contributed by atoms with Gasteiger partial charge in [-0.2, -0.15) is 0 Å². The molecule has 8 heteroatoms. The zero-order valence-electron chi connectivity index (χ0n) is 23.0. The third kappa shape index (κ3) is 5.96. The largest absolute Gasteiger partial charge is 0.459 e. The van der Waals surface area contributed by atoms with Gasteiger partial charge in [-0.25, -0.2) is 14.4 Å². The second kappa shape index (κ2) is 11.4. The molecular formula is C32H34N2O6. The van der Waals surface area contributed by atoms with Crippen molar-refractivity contribution in [3.8, 4) is 11.1 Å². The van der Waals surface area contributed by atoms with Crippen molar-refractivity contribution in [2.45, 2.75) is 44.9 Å². The molecule has 0 saturated carbocycles. The van der Waals surface area contributed by atoms with E-state index in [0.29, 0.717) is 0 Å². The topological polar surface area (TPSA) is 85.4 Å². The number of piperazine rings is 1. The van der Waals surface area contributed by atoms with Crippen molar-refractivity contribution in [1.82, 2.24) is 9.80 Å². The fraction of sp³-hybridized carbons (Fsp3) is 0.344. The van der Waals surface area contributed by atoms with Crippen LogP contribution in [0.5, 0.6) is 0 Å². The van der Waals surface area contributed by atoms with Crippen molar-refractivity contribution in [3.05, 3.63) is 95.6 Å². The summed E-state index contributed by atoms with van der Waals surface area (Å²) < 4.78 is 16.9. The van der Waals surface area contributed by atoms with Crippen LogP contribution in [0.2, 0.25) is 0 Å². The highest BCUT2D eigenvalue weighted by Crippen LogP contribution is 2.44. The molecule has 0 spiro atoms. The summed E-state index contributed by atoms with van der Waals surface area (Å²) in [5.41, 5.74) is 4.60. The molecule has 1 unspecified atom stereocenters. The van der Waals surface area contributed by atoms with E-state index in [4.69, 9.17) is 14.2 Å². The maximum absolute atomic E-state index is 13.4. The van der Waals surface area contributed by atoms with Gasteiger partial charge in [0.2, 0.25) is 0 Å². The molecule has 3 aromatic rings. The monoisotopic (exact) mass is 542 g/mol. The summed E-state index contributed by atoms with van der Waals surface area (Å²) in [6.07, 6.45) is -1.16. The van der Waals surface area contributed by atoms with Crippen molar-refractivity contribution in [2.24, 2.45) is 0 Å². The van der Waals surface area contributed by atoms with Crippen molar-refractivity contribution in [1.29, 1.82) is 0 Å². The minimum Gasteiger partial charge on any atom is -0.459 e. The Morgan fingerprint density at radius 2 is 1.38 bits per heavy atom. The molecule has 1 aliphatic heterocycles. The van der Waals surface area contributed by atoms with E-state index in [9.17, 15) is 14.4 Å². The van der Waals surface area contributed by atoms with Crippen LogP contribution in [0.25, 0.3) is 11.1 Å². The van der Waals surface area contributed by atoms with Crippen LogP contribution in [0, 0.1) is 0 Å². The third-order valence-electron chi connectivity index (χ3n) is 7.10.